The molecule has 1 amide bonds. The van der Waals surface area contributed by atoms with Gasteiger partial charge in [-0.15, -0.1) is 0 Å². The number of aliphatic carboxylic acids is 1. The minimum Gasteiger partial charge on any atom is -0.475 e. The maximum absolute atomic E-state index is 14.8. The van der Waals surface area contributed by atoms with E-state index in [-0.39, 0.29) is 35.8 Å². The molecule has 0 radical (unpaired) electrons. The van der Waals surface area contributed by atoms with Crippen LogP contribution in [0.4, 0.5) is 22.0 Å². The van der Waals surface area contributed by atoms with Gasteiger partial charge in [0.25, 0.3) is 5.95 Å². The predicted octanol–water partition coefficient (Wildman–Crippen LogP) is 4.26. The molecule has 2 aromatic heterocycles. The number of likely N-dealkylation sites (tertiary alicyclic amines) is 2. The third-order valence-electron chi connectivity index (χ3n) is 7.65. The first-order chi connectivity index (χ1) is 20.3. The summed E-state index contributed by atoms with van der Waals surface area (Å²) < 4.78 is 72.3. The van der Waals surface area contributed by atoms with E-state index < -0.39 is 23.8 Å². The molecule has 1 aromatic carbocycles. The van der Waals surface area contributed by atoms with Gasteiger partial charge in [-0.05, 0) is 62.0 Å². The molecule has 11 nitrogen and oxygen atoms in total. The number of carboxylic acid groups (broad SMARTS) is 1. The average Bonchev–Trinajstić information content (AvgIpc) is 3.61. The third kappa shape index (κ3) is 7.29. The highest BCUT2D eigenvalue weighted by Gasteiger charge is 2.38. The molecule has 1 N–H and O–H groups in total. The number of alkyl halides is 3. The Balaban J connectivity index is 0.000000541. The number of carbonyl (C=O) groups is 2. The van der Waals surface area contributed by atoms with Crippen molar-refractivity contribution in [2.45, 2.75) is 63.6 Å². The number of hydrogen-bond donors (Lipinski definition) is 1. The average molecular weight is 617 g/mol. The Morgan fingerprint density at radius 2 is 1.72 bits per heavy atom. The second-order valence-electron chi connectivity index (χ2n) is 10.8. The molecule has 236 valence electrons. The van der Waals surface area contributed by atoms with E-state index in [1.54, 1.807) is 13.2 Å². The minimum absolute atomic E-state index is 0.0132. The van der Waals surface area contributed by atoms with Gasteiger partial charge in [-0.1, -0.05) is 13.8 Å². The number of hydrogen-bond acceptors (Lipinski definition) is 8. The molecule has 3 aromatic rings. The summed E-state index contributed by atoms with van der Waals surface area (Å²) in [7, 11) is 1.54. The fourth-order valence-electron chi connectivity index (χ4n) is 5.42. The lowest BCUT2D eigenvalue weighted by Gasteiger charge is -2.41. The number of amides is 1. The van der Waals surface area contributed by atoms with Crippen LogP contribution in [0.2, 0.25) is 0 Å². The first kappa shape index (κ1) is 32.3. The quantitative estimate of drug-likeness (QED) is 0.404. The van der Waals surface area contributed by atoms with Crippen LogP contribution < -0.4 is 0 Å². The normalized spacial score (nSPS) is 17.4. The van der Waals surface area contributed by atoms with Gasteiger partial charge >= 0.3 is 12.1 Å². The van der Waals surface area contributed by atoms with Crippen LogP contribution in [0.25, 0.3) is 16.9 Å². The molecule has 4 heterocycles. The molecule has 0 atom stereocenters. The van der Waals surface area contributed by atoms with E-state index in [0.717, 1.165) is 57.9 Å². The summed E-state index contributed by atoms with van der Waals surface area (Å²) in [5.74, 6) is -3.90. The summed E-state index contributed by atoms with van der Waals surface area (Å²) in [5.41, 5.74) is 0.676. The highest BCUT2D eigenvalue weighted by atomic mass is 19.4. The summed E-state index contributed by atoms with van der Waals surface area (Å²) in [6.07, 6.45) is -1.44. The Labute approximate surface area is 243 Å². The second kappa shape index (κ2) is 13.3. The maximum atomic E-state index is 14.8. The minimum atomic E-state index is -5.08. The van der Waals surface area contributed by atoms with Gasteiger partial charge in [0.15, 0.2) is 11.6 Å². The fraction of sp³-hybridized carbons (Fsp3) is 0.593. The zero-order valence-electron chi connectivity index (χ0n) is 23.9. The van der Waals surface area contributed by atoms with Crippen molar-refractivity contribution in [1.82, 2.24) is 29.7 Å². The van der Waals surface area contributed by atoms with Crippen LogP contribution in [-0.4, -0.2) is 98.8 Å². The number of carbonyl (C=O) groups excluding carboxylic acids is 1. The number of piperidine rings is 2. The SMILES string of the molecule is COCC(=O)N1CCC(N2CCC(c3nc(-n4nc(C(C)C)c5ccc(F)c(F)c54)no3)CC2)CC1.O=C(O)C(F)(F)F. The number of carboxylic acids is 1. The van der Waals surface area contributed by atoms with Crippen molar-refractivity contribution in [3.63, 3.8) is 0 Å². The molecule has 2 saturated heterocycles. The molecule has 16 heteroatoms. The Kier molecular flexibility index (Phi) is 10.00. The van der Waals surface area contributed by atoms with E-state index in [1.165, 1.54) is 4.68 Å². The van der Waals surface area contributed by atoms with Crippen molar-refractivity contribution >= 4 is 22.8 Å². The van der Waals surface area contributed by atoms with Crippen LogP contribution in [-0.2, 0) is 14.3 Å². The lowest BCUT2D eigenvalue weighted by Crippen LogP contribution is -2.49. The Morgan fingerprint density at radius 1 is 1.09 bits per heavy atom. The van der Waals surface area contributed by atoms with Crippen molar-refractivity contribution in [1.29, 1.82) is 0 Å². The van der Waals surface area contributed by atoms with Crippen molar-refractivity contribution in [3.05, 3.63) is 35.4 Å². The molecule has 5 rings (SSSR count). The summed E-state index contributed by atoms with van der Waals surface area (Å²) >= 11 is 0. The van der Waals surface area contributed by atoms with Crippen LogP contribution in [0.1, 0.15) is 63.0 Å². The summed E-state index contributed by atoms with van der Waals surface area (Å²) in [6.45, 7) is 7.35. The maximum Gasteiger partial charge on any atom is 0.490 e. The molecular weight excluding hydrogens is 583 g/mol. The zero-order chi connectivity index (χ0) is 31.5. The van der Waals surface area contributed by atoms with Gasteiger partial charge in [0, 0.05) is 37.5 Å². The van der Waals surface area contributed by atoms with Gasteiger partial charge in [-0.25, -0.2) is 13.6 Å². The molecule has 0 bridgehead atoms. The van der Waals surface area contributed by atoms with E-state index in [0.29, 0.717) is 23.0 Å². The smallest absolute Gasteiger partial charge is 0.475 e. The van der Waals surface area contributed by atoms with Crippen LogP contribution in [0.3, 0.4) is 0 Å². The van der Waals surface area contributed by atoms with Crippen molar-refractivity contribution in [2.24, 2.45) is 0 Å². The molecular formula is C27H33F5N6O5. The molecule has 2 fully saturated rings. The number of aromatic nitrogens is 4. The lowest BCUT2D eigenvalue weighted by molar-refractivity contribution is -0.192. The van der Waals surface area contributed by atoms with E-state index in [9.17, 15) is 26.7 Å². The van der Waals surface area contributed by atoms with Gasteiger partial charge in [0.05, 0.1) is 5.69 Å². The zero-order valence-corrected chi connectivity index (χ0v) is 23.9. The van der Waals surface area contributed by atoms with Crippen LogP contribution in [0.5, 0.6) is 0 Å². The molecule has 0 saturated carbocycles. The highest BCUT2D eigenvalue weighted by molar-refractivity contribution is 5.84. The van der Waals surface area contributed by atoms with Crippen LogP contribution in [0.15, 0.2) is 16.7 Å². The number of methoxy groups -OCH3 is 1. The fourth-order valence-corrected chi connectivity index (χ4v) is 5.42. The Hall–Kier alpha value is -3.66. The molecule has 0 aliphatic carbocycles. The Bertz CT molecular complexity index is 1430. The molecule has 2 aliphatic rings. The van der Waals surface area contributed by atoms with Crippen molar-refractivity contribution in [2.75, 3.05) is 39.9 Å². The van der Waals surface area contributed by atoms with E-state index >= 15 is 0 Å². The monoisotopic (exact) mass is 616 g/mol. The lowest BCUT2D eigenvalue weighted by atomic mass is 9.93. The topological polar surface area (TPSA) is 127 Å². The van der Waals surface area contributed by atoms with Crippen molar-refractivity contribution < 1.29 is 45.9 Å². The van der Waals surface area contributed by atoms with Gasteiger partial charge in [-0.3, -0.25) is 4.79 Å². The largest absolute Gasteiger partial charge is 0.490 e. The van der Waals surface area contributed by atoms with Gasteiger partial charge in [0.1, 0.15) is 12.1 Å². The second-order valence-corrected chi connectivity index (χ2v) is 10.8. The van der Waals surface area contributed by atoms with Gasteiger partial charge < -0.3 is 24.2 Å². The van der Waals surface area contributed by atoms with Crippen LogP contribution in [0, 0.1) is 11.6 Å². The van der Waals surface area contributed by atoms with E-state index in [4.69, 9.17) is 19.2 Å². The number of rotatable bonds is 6. The molecule has 43 heavy (non-hydrogen) atoms. The first-order valence-electron chi connectivity index (χ1n) is 13.8. The number of fused-ring (bicyclic) bond motifs is 1. The summed E-state index contributed by atoms with van der Waals surface area (Å²) in [5, 5.41) is 16.2. The highest BCUT2D eigenvalue weighted by Crippen LogP contribution is 2.32. The third-order valence-corrected chi connectivity index (χ3v) is 7.65. The van der Waals surface area contributed by atoms with Gasteiger partial charge in [0.2, 0.25) is 11.8 Å². The first-order valence-corrected chi connectivity index (χ1v) is 13.8. The van der Waals surface area contributed by atoms with E-state index in [1.807, 2.05) is 18.7 Å². The van der Waals surface area contributed by atoms with Crippen molar-refractivity contribution in [3.8, 4) is 5.95 Å². The summed E-state index contributed by atoms with van der Waals surface area (Å²) in [4.78, 5) is 29.8. The molecule has 0 spiro atoms. The number of halogens is 5. The van der Waals surface area contributed by atoms with Gasteiger partial charge in [-0.2, -0.15) is 27.9 Å². The van der Waals surface area contributed by atoms with Crippen LogP contribution >= 0.6 is 0 Å². The summed E-state index contributed by atoms with van der Waals surface area (Å²) in [6, 6.07) is 3.12. The number of benzene rings is 1. The number of ether oxygens (including phenoxy) is 1. The predicted molar refractivity (Wildman–Crippen MR) is 142 cm³/mol. The number of nitrogens with zero attached hydrogens (tertiary/aromatic N) is 6. The molecule has 2 aliphatic heterocycles. The van der Waals surface area contributed by atoms with E-state index in [2.05, 4.69) is 20.1 Å². The Morgan fingerprint density at radius 3 is 2.28 bits per heavy atom. The standard InChI is InChI=1S/C25H32F2N6O3.C2HF3O2/c1-15(2)22-18-4-5-19(26)21(27)23(18)33(29-22)25-28-24(36-30-25)16-6-10-31(11-7-16)17-8-12-32(13-9-17)20(34)14-35-3;3-2(4,5)1(6)7/h4-5,15-17H,6-14H2,1-3H3;(H,6,7). The molecule has 0 unspecified atom stereocenters.